The fourth-order valence-electron chi connectivity index (χ4n) is 3.99. The minimum atomic E-state index is -4.35. The summed E-state index contributed by atoms with van der Waals surface area (Å²) in [5.74, 6) is 3.92. The first kappa shape index (κ1) is 28.2. The van der Waals surface area contributed by atoms with E-state index in [1.54, 1.807) is 31.5 Å². The maximum absolute atomic E-state index is 12.8. The summed E-state index contributed by atoms with van der Waals surface area (Å²) in [6.07, 6.45) is 7.81. The van der Waals surface area contributed by atoms with Gasteiger partial charge in [-0.05, 0) is 33.0 Å². The first-order chi connectivity index (χ1) is 17.3. The summed E-state index contributed by atoms with van der Waals surface area (Å²) in [7, 11) is 4.46. The predicted octanol–water partition coefficient (Wildman–Crippen LogP) is 3.88. The van der Waals surface area contributed by atoms with Crippen LogP contribution in [-0.4, -0.2) is 68.8 Å². The summed E-state index contributed by atoms with van der Waals surface area (Å²) in [6.45, 7) is 2.35. The molecule has 0 saturated carbocycles. The molecule has 2 aromatic heterocycles. The van der Waals surface area contributed by atoms with Crippen molar-refractivity contribution in [3.05, 3.63) is 69.5 Å². The molecule has 2 aromatic rings. The van der Waals surface area contributed by atoms with Crippen LogP contribution in [-0.2, 0) is 17.4 Å². The quantitative estimate of drug-likeness (QED) is 0.524. The van der Waals surface area contributed by atoms with Crippen LogP contribution in [0, 0.1) is 26.2 Å². The summed E-state index contributed by atoms with van der Waals surface area (Å²) in [4.78, 5) is 17.0. The largest absolute Gasteiger partial charge is 0.481 e. The number of nitrogens with one attached hydrogen (secondary N) is 1. The van der Waals surface area contributed by atoms with Crippen molar-refractivity contribution in [1.29, 1.82) is 0 Å². The number of ether oxygens (including phenoxy) is 1. The van der Waals surface area contributed by atoms with E-state index in [4.69, 9.17) is 22.8 Å². The van der Waals surface area contributed by atoms with Gasteiger partial charge < -0.3 is 19.4 Å². The SMILES string of the molecule is C#C/C(=C\C=C1/CC(Cl)=C(CN(C)CC(F)(F)F)C(OC)=N1)C(O)(c1cnc(C)[nH]1)c1cnc(C)n1C. The fourth-order valence-corrected chi connectivity index (χ4v) is 4.26. The Morgan fingerprint density at radius 3 is 2.57 bits per heavy atom. The minimum Gasteiger partial charge on any atom is -0.481 e. The molecule has 2 N–H and O–H groups in total. The molecule has 0 fully saturated rings. The summed E-state index contributed by atoms with van der Waals surface area (Å²) >= 11 is 6.46. The van der Waals surface area contributed by atoms with E-state index in [1.807, 2.05) is 0 Å². The van der Waals surface area contributed by atoms with Crippen LogP contribution >= 0.6 is 11.6 Å². The molecule has 8 nitrogen and oxygen atoms in total. The van der Waals surface area contributed by atoms with Gasteiger partial charge in [0, 0.05) is 41.9 Å². The van der Waals surface area contributed by atoms with Gasteiger partial charge in [-0.25, -0.2) is 15.0 Å². The molecule has 0 amide bonds. The van der Waals surface area contributed by atoms with Crippen LogP contribution in [0.5, 0.6) is 0 Å². The molecule has 1 atom stereocenters. The fraction of sp³-hybridized carbons (Fsp3) is 0.400. The number of rotatable bonds is 7. The van der Waals surface area contributed by atoms with Crippen LogP contribution in [0.15, 0.2) is 51.4 Å². The number of imidazole rings is 2. The number of terminal acetylenes is 1. The van der Waals surface area contributed by atoms with Crippen LogP contribution in [0.2, 0.25) is 0 Å². The molecule has 198 valence electrons. The van der Waals surface area contributed by atoms with Crippen molar-refractivity contribution in [1.82, 2.24) is 24.4 Å². The van der Waals surface area contributed by atoms with Crippen LogP contribution in [0.3, 0.4) is 0 Å². The zero-order valence-corrected chi connectivity index (χ0v) is 21.9. The van der Waals surface area contributed by atoms with Gasteiger partial charge in [0.05, 0.1) is 37.4 Å². The van der Waals surface area contributed by atoms with Crippen molar-refractivity contribution in [2.45, 2.75) is 32.0 Å². The number of aliphatic hydroxyl groups is 1. The second-order valence-electron chi connectivity index (χ2n) is 8.69. The number of allylic oxidation sites excluding steroid dienone is 3. The third-order valence-corrected chi connectivity index (χ3v) is 6.27. The zero-order chi connectivity index (χ0) is 27.5. The Balaban J connectivity index is 2.00. The first-order valence-corrected chi connectivity index (χ1v) is 11.5. The molecule has 1 unspecified atom stereocenters. The van der Waals surface area contributed by atoms with Crippen molar-refractivity contribution in [2.75, 3.05) is 27.2 Å². The topological polar surface area (TPSA) is 91.6 Å². The predicted molar refractivity (Wildman–Crippen MR) is 135 cm³/mol. The highest BCUT2D eigenvalue weighted by molar-refractivity contribution is 6.32. The molecule has 0 saturated heterocycles. The van der Waals surface area contributed by atoms with Gasteiger partial charge in [-0.1, -0.05) is 17.5 Å². The number of likely N-dealkylation sites (N-methyl/N-ethyl adjacent to an activating group) is 1. The van der Waals surface area contributed by atoms with Gasteiger partial charge in [-0.2, -0.15) is 13.2 Å². The summed E-state index contributed by atoms with van der Waals surface area (Å²) in [6, 6.07) is 0. The van der Waals surface area contributed by atoms with Gasteiger partial charge in [0.25, 0.3) is 0 Å². The Kier molecular flexibility index (Phi) is 8.37. The number of H-pyrrole nitrogens is 1. The number of methoxy groups -OCH3 is 1. The summed E-state index contributed by atoms with van der Waals surface area (Å²) < 4.78 is 45.3. The molecule has 1 aliphatic rings. The molecule has 0 aromatic carbocycles. The second kappa shape index (κ2) is 11.0. The first-order valence-electron chi connectivity index (χ1n) is 11.2. The number of halogens is 4. The van der Waals surface area contributed by atoms with Gasteiger partial charge in [0.1, 0.15) is 11.6 Å². The molecule has 0 bridgehead atoms. The lowest BCUT2D eigenvalue weighted by Crippen LogP contribution is -2.34. The number of nitrogens with zero attached hydrogens (tertiary/aromatic N) is 5. The molecule has 0 aliphatic carbocycles. The number of aliphatic imine (C=N–C) groups is 1. The van der Waals surface area contributed by atoms with E-state index in [9.17, 15) is 18.3 Å². The maximum Gasteiger partial charge on any atom is 0.401 e. The van der Waals surface area contributed by atoms with E-state index in [-0.39, 0.29) is 24.4 Å². The van der Waals surface area contributed by atoms with Gasteiger partial charge in [-0.3, -0.25) is 4.90 Å². The molecule has 12 heteroatoms. The highest BCUT2D eigenvalue weighted by Gasteiger charge is 2.40. The third-order valence-electron chi connectivity index (χ3n) is 5.91. The molecular formula is C25H28ClF3N6O2. The summed E-state index contributed by atoms with van der Waals surface area (Å²) in [5.41, 5.74) is -0.0136. The molecule has 1 aliphatic heterocycles. The normalized spacial score (nSPS) is 17.7. The van der Waals surface area contributed by atoms with E-state index in [0.29, 0.717) is 39.3 Å². The lowest BCUT2D eigenvalue weighted by molar-refractivity contribution is -0.142. The second-order valence-corrected chi connectivity index (χ2v) is 9.15. The molecule has 3 heterocycles. The van der Waals surface area contributed by atoms with E-state index in [2.05, 4.69) is 25.9 Å². The lowest BCUT2D eigenvalue weighted by Gasteiger charge is -2.28. The average molecular weight is 537 g/mol. The van der Waals surface area contributed by atoms with Gasteiger partial charge in [-0.15, -0.1) is 6.42 Å². The van der Waals surface area contributed by atoms with Gasteiger partial charge in [0.2, 0.25) is 5.90 Å². The Bertz CT molecular complexity index is 1330. The smallest absolute Gasteiger partial charge is 0.401 e. The van der Waals surface area contributed by atoms with Crippen molar-refractivity contribution in [3.63, 3.8) is 0 Å². The monoisotopic (exact) mass is 536 g/mol. The van der Waals surface area contributed by atoms with E-state index >= 15 is 0 Å². The lowest BCUT2D eigenvalue weighted by atomic mass is 9.87. The van der Waals surface area contributed by atoms with Crippen molar-refractivity contribution in [3.8, 4) is 12.3 Å². The molecule has 0 spiro atoms. The Labute approximate surface area is 218 Å². The Morgan fingerprint density at radius 1 is 1.35 bits per heavy atom. The highest BCUT2D eigenvalue weighted by Crippen LogP contribution is 2.36. The number of hydrogen-bond acceptors (Lipinski definition) is 6. The van der Waals surface area contributed by atoms with Crippen molar-refractivity contribution in [2.24, 2.45) is 12.0 Å². The average Bonchev–Trinajstić information content (AvgIpc) is 3.40. The highest BCUT2D eigenvalue weighted by atomic mass is 35.5. The molecule has 3 rings (SSSR count). The van der Waals surface area contributed by atoms with Crippen LogP contribution < -0.4 is 0 Å². The van der Waals surface area contributed by atoms with Crippen LogP contribution in [0.4, 0.5) is 13.2 Å². The zero-order valence-electron chi connectivity index (χ0n) is 21.1. The summed E-state index contributed by atoms with van der Waals surface area (Å²) in [5, 5.41) is 12.3. The third kappa shape index (κ3) is 6.15. The molecule has 37 heavy (non-hydrogen) atoms. The van der Waals surface area contributed by atoms with Gasteiger partial charge >= 0.3 is 6.18 Å². The molecular weight excluding hydrogens is 509 g/mol. The van der Waals surface area contributed by atoms with Crippen molar-refractivity contribution >= 4 is 17.5 Å². The van der Waals surface area contributed by atoms with E-state index in [1.165, 1.54) is 32.6 Å². The minimum absolute atomic E-state index is 0.0947. The number of aryl methyl sites for hydroxylation is 2. The van der Waals surface area contributed by atoms with Crippen molar-refractivity contribution < 1.29 is 23.0 Å². The number of alkyl halides is 3. The Morgan fingerprint density at radius 2 is 2.05 bits per heavy atom. The van der Waals surface area contributed by atoms with Crippen LogP contribution in [0.25, 0.3) is 0 Å². The Hall–Kier alpha value is -3.33. The number of aromatic amines is 1. The molecule has 0 radical (unpaired) electrons. The number of hydrogen-bond donors (Lipinski definition) is 2. The number of aromatic nitrogens is 4. The maximum atomic E-state index is 12.8. The van der Waals surface area contributed by atoms with Gasteiger partial charge in [0.15, 0.2) is 5.60 Å². The van der Waals surface area contributed by atoms with Crippen LogP contribution in [0.1, 0.15) is 29.5 Å². The van der Waals surface area contributed by atoms with E-state index in [0.717, 1.165) is 4.90 Å². The van der Waals surface area contributed by atoms with E-state index < -0.39 is 18.3 Å². The standard InChI is InChI=1S/C25H28ClF3N6O2/c1-7-17(25(36,21-11-30-15(2)32-21)22-12-31-16(3)35(22)5)8-9-18-10-20(26)19(23(33-18)37-6)13-34(4)14-24(27,28)29/h1,8-9,11-12,36H,10,13-14H2,2-6H3,(H,30,32)/b17-8+,18-9+. The number of dihydropyridines is 1.